The van der Waals surface area contributed by atoms with Crippen LogP contribution in [0.3, 0.4) is 0 Å². The monoisotopic (exact) mass is 309 g/mol. The zero-order chi connectivity index (χ0) is 15.2. The van der Waals surface area contributed by atoms with Gasteiger partial charge in [-0.05, 0) is 62.8 Å². The maximum absolute atomic E-state index is 10.7. The molecular formula is C17H24ClNO2. The number of hydrogen-bond acceptors (Lipinski definition) is 2. The highest BCUT2D eigenvalue weighted by molar-refractivity contribution is 6.30. The van der Waals surface area contributed by atoms with Crippen molar-refractivity contribution in [2.24, 2.45) is 5.92 Å². The Labute approximate surface area is 131 Å². The first kappa shape index (κ1) is 16.3. The molecule has 0 spiro atoms. The number of benzene rings is 1. The number of likely N-dealkylation sites (tertiary alicyclic amines) is 1. The van der Waals surface area contributed by atoms with Crippen LogP contribution < -0.4 is 0 Å². The Balaban J connectivity index is 1.85. The molecule has 0 aliphatic carbocycles. The molecule has 0 radical (unpaired) electrons. The molecule has 1 heterocycles. The summed E-state index contributed by atoms with van der Waals surface area (Å²) in [7, 11) is 0. The van der Waals surface area contributed by atoms with Gasteiger partial charge in [0.1, 0.15) is 0 Å². The van der Waals surface area contributed by atoms with Crippen molar-refractivity contribution in [3.05, 3.63) is 34.9 Å². The van der Waals surface area contributed by atoms with Crippen molar-refractivity contribution < 1.29 is 9.90 Å². The van der Waals surface area contributed by atoms with E-state index in [4.69, 9.17) is 16.7 Å². The summed E-state index contributed by atoms with van der Waals surface area (Å²) in [5, 5.41) is 9.59. The van der Waals surface area contributed by atoms with Gasteiger partial charge in [-0.1, -0.05) is 23.7 Å². The Morgan fingerprint density at radius 2 is 2.14 bits per heavy atom. The van der Waals surface area contributed by atoms with E-state index in [1.165, 1.54) is 12.0 Å². The summed E-state index contributed by atoms with van der Waals surface area (Å²) < 4.78 is 0. The summed E-state index contributed by atoms with van der Waals surface area (Å²) in [6, 6.07) is 8.54. The fraction of sp³-hybridized carbons (Fsp3) is 0.588. The van der Waals surface area contributed by atoms with Crippen LogP contribution in [-0.4, -0.2) is 35.1 Å². The van der Waals surface area contributed by atoms with Crippen molar-refractivity contribution in [1.29, 1.82) is 0 Å². The first-order valence-corrected chi connectivity index (χ1v) is 8.12. The lowest BCUT2D eigenvalue weighted by atomic mass is 9.92. The van der Waals surface area contributed by atoms with Crippen LogP contribution in [0.15, 0.2) is 24.3 Å². The van der Waals surface area contributed by atoms with Gasteiger partial charge in [-0.3, -0.25) is 4.79 Å². The van der Waals surface area contributed by atoms with Gasteiger partial charge in [0.15, 0.2) is 0 Å². The molecule has 0 saturated carbocycles. The van der Waals surface area contributed by atoms with Gasteiger partial charge < -0.3 is 10.0 Å². The molecule has 2 atom stereocenters. The highest BCUT2D eigenvalue weighted by atomic mass is 35.5. The van der Waals surface area contributed by atoms with Crippen molar-refractivity contribution in [1.82, 2.24) is 4.90 Å². The molecule has 0 amide bonds. The number of halogens is 1. The predicted octanol–water partition coefficient (Wildman–Crippen LogP) is 3.85. The molecule has 1 fully saturated rings. The second-order valence-electron chi connectivity index (χ2n) is 6.12. The summed E-state index contributed by atoms with van der Waals surface area (Å²) in [6.45, 7) is 4.41. The molecule has 1 aromatic rings. The van der Waals surface area contributed by atoms with Crippen LogP contribution in [0.5, 0.6) is 0 Å². The van der Waals surface area contributed by atoms with Gasteiger partial charge in [0.05, 0.1) is 0 Å². The van der Waals surface area contributed by atoms with Gasteiger partial charge in [-0.15, -0.1) is 0 Å². The summed E-state index contributed by atoms with van der Waals surface area (Å²) in [4.78, 5) is 13.2. The second-order valence-corrected chi connectivity index (χ2v) is 6.55. The fourth-order valence-electron chi connectivity index (χ4n) is 3.15. The Bertz CT molecular complexity index is 460. The molecule has 0 aromatic heterocycles. The SMILES string of the molecule is CC(Cc1ccc(Cl)cc1)N1CCCC(CCC(=O)O)C1. The van der Waals surface area contributed by atoms with Gasteiger partial charge in [-0.25, -0.2) is 0 Å². The molecular weight excluding hydrogens is 286 g/mol. The number of carboxylic acid groups (broad SMARTS) is 1. The molecule has 3 nitrogen and oxygen atoms in total. The number of hydrogen-bond donors (Lipinski definition) is 1. The first-order valence-electron chi connectivity index (χ1n) is 7.75. The number of carboxylic acids is 1. The number of rotatable bonds is 6. The quantitative estimate of drug-likeness (QED) is 0.867. The minimum absolute atomic E-state index is 0.296. The van der Waals surface area contributed by atoms with E-state index in [9.17, 15) is 4.79 Å². The number of aliphatic carboxylic acids is 1. The topological polar surface area (TPSA) is 40.5 Å². The highest BCUT2D eigenvalue weighted by Gasteiger charge is 2.23. The molecule has 4 heteroatoms. The van der Waals surface area contributed by atoms with E-state index in [0.717, 1.165) is 37.4 Å². The van der Waals surface area contributed by atoms with E-state index in [1.807, 2.05) is 12.1 Å². The van der Waals surface area contributed by atoms with Crippen LogP contribution in [0, 0.1) is 5.92 Å². The van der Waals surface area contributed by atoms with Gasteiger partial charge in [-0.2, -0.15) is 0 Å². The highest BCUT2D eigenvalue weighted by Crippen LogP contribution is 2.24. The molecule has 1 N–H and O–H groups in total. The summed E-state index contributed by atoms with van der Waals surface area (Å²) >= 11 is 5.92. The predicted molar refractivity (Wildman–Crippen MR) is 85.8 cm³/mol. The number of piperidine rings is 1. The summed E-state index contributed by atoms with van der Waals surface area (Å²) in [5.74, 6) is -0.149. The smallest absolute Gasteiger partial charge is 0.303 e. The zero-order valence-electron chi connectivity index (χ0n) is 12.6. The van der Waals surface area contributed by atoms with E-state index in [-0.39, 0.29) is 0 Å². The number of carbonyl (C=O) groups is 1. The Morgan fingerprint density at radius 1 is 1.43 bits per heavy atom. The van der Waals surface area contributed by atoms with Gasteiger partial charge in [0.2, 0.25) is 0 Å². The normalized spacial score (nSPS) is 21.1. The van der Waals surface area contributed by atoms with Crippen LogP contribution >= 0.6 is 11.6 Å². The van der Waals surface area contributed by atoms with Crippen LogP contribution in [0.1, 0.15) is 38.2 Å². The maximum Gasteiger partial charge on any atom is 0.303 e. The van der Waals surface area contributed by atoms with Gasteiger partial charge in [0.25, 0.3) is 0 Å². The minimum atomic E-state index is -0.679. The van der Waals surface area contributed by atoms with Crippen LogP contribution in [-0.2, 0) is 11.2 Å². The van der Waals surface area contributed by atoms with Crippen molar-refractivity contribution >= 4 is 17.6 Å². The molecule has 2 unspecified atom stereocenters. The zero-order valence-corrected chi connectivity index (χ0v) is 13.4. The third-order valence-electron chi connectivity index (χ3n) is 4.38. The third-order valence-corrected chi connectivity index (χ3v) is 4.64. The number of nitrogens with zero attached hydrogens (tertiary/aromatic N) is 1. The van der Waals surface area contributed by atoms with Crippen LogP contribution in [0.25, 0.3) is 0 Å². The minimum Gasteiger partial charge on any atom is -0.481 e. The third kappa shape index (κ3) is 5.33. The van der Waals surface area contributed by atoms with Crippen molar-refractivity contribution in [3.63, 3.8) is 0 Å². The molecule has 1 saturated heterocycles. The second kappa shape index (κ2) is 7.81. The van der Waals surface area contributed by atoms with Crippen LogP contribution in [0.4, 0.5) is 0 Å². The molecule has 21 heavy (non-hydrogen) atoms. The van der Waals surface area contributed by atoms with E-state index in [2.05, 4.69) is 24.0 Å². The molecule has 116 valence electrons. The first-order chi connectivity index (χ1) is 10.0. The van der Waals surface area contributed by atoms with E-state index >= 15 is 0 Å². The Kier molecular flexibility index (Phi) is 6.07. The maximum atomic E-state index is 10.7. The van der Waals surface area contributed by atoms with Gasteiger partial charge in [0, 0.05) is 24.0 Å². The van der Waals surface area contributed by atoms with E-state index < -0.39 is 5.97 Å². The van der Waals surface area contributed by atoms with E-state index in [0.29, 0.717) is 18.4 Å². The summed E-state index contributed by atoms with van der Waals surface area (Å²) in [5.41, 5.74) is 1.31. The Morgan fingerprint density at radius 3 is 2.81 bits per heavy atom. The molecule has 1 aliphatic heterocycles. The van der Waals surface area contributed by atoms with Gasteiger partial charge >= 0.3 is 5.97 Å². The van der Waals surface area contributed by atoms with Crippen molar-refractivity contribution in [2.45, 2.75) is 45.1 Å². The molecule has 1 aliphatic rings. The average molecular weight is 310 g/mol. The lowest BCUT2D eigenvalue weighted by molar-refractivity contribution is -0.137. The lowest BCUT2D eigenvalue weighted by Gasteiger charge is -2.37. The average Bonchev–Trinajstić information content (AvgIpc) is 2.48. The van der Waals surface area contributed by atoms with Crippen LogP contribution in [0.2, 0.25) is 5.02 Å². The van der Waals surface area contributed by atoms with Crippen molar-refractivity contribution in [3.8, 4) is 0 Å². The summed E-state index contributed by atoms with van der Waals surface area (Å²) in [6.07, 6.45) is 4.46. The Hall–Kier alpha value is -1.06. The molecule has 0 bridgehead atoms. The fourth-order valence-corrected chi connectivity index (χ4v) is 3.28. The van der Waals surface area contributed by atoms with E-state index in [1.54, 1.807) is 0 Å². The lowest BCUT2D eigenvalue weighted by Crippen LogP contribution is -2.42. The largest absolute Gasteiger partial charge is 0.481 e. The molecule has 1 aromatic carbocycles. The van der Waals surface area contributed by atoms with Crippen molar-refractivity contribution in [2.75, 3.05) is 13.1 Å². The molecule has 2 rings (SSSR count). The standard InChI is InChI=1S/C17H24ClNO2/c1-13(11-14-4-7-16(18)8-5-14)19-10-2-3-15(12-19)6-9-17(20)21/h4-5,7-8,13,15H,2-3,6,9-12H2,1H3,(H,20,21).